The van der Waals surface area contributed by atoms with Crippen molar-refractivity contribution in [3.8, 4) is 5.88 Å². The predicted octanol–water partition coefficient (Wildman–Crippen LogP) is 4.22. The first-order valence-electron chi connectivity index (χ1n) is 9.32. The average molecular weight is 451 g/mol. The number of ether oxygens (including phenoxy) is 1. The van der Waals surface area contributed by atoms with Crippen LogP contribution in [0.15, 0.2) is 36.8 Å². The number of carbonyl (C=O) groups is 1. The number of nitrogens with one attached hydrogen (secondary N) is 1. The molecule has 4 aromatic heterocycles. The first-order valence-corrected chi connectivity index (χ1v) is 9.70. The van der Waals surface area contributed by atoms with Gasteiger partial charge in [0.2, 0.25) is 5.88 Å². The summed E-state index contributed by atoms with van der Waals surface area (Å²) in [4.78, 5) is 20.6. The lowest BCUT2D eigenvalue weighted by molar-refractivity contribution is -0.137. The van der Waals surface area contributed by atoms with Crippen LogP contribution in [0.3, 0.4) is 0 Å². The molecule has 0 aliphatic heterocycles. The highest BCUT2D eigenvalue weighted by atomic mass is 35.5. The summed E-state index contributed by atoms with van der Waals surface area (Å²) < 4.78 is 46.7. The summed E-state index contributed by atoms with van der Waals surface area (Å²) in [6.45, 7) is -0.0454. The molecule has 4 heterocycles. The van der Waals surface area contributed by atoms with Crippen LogP contribution < -0.4 is 10.1 Å². The van der Waals surface area contributed by atoms with Crippen molar-refractivity contribution in [1.82, 2.24) is 29.3 Å². The molecule has 4 aromatic rings. The van der Waals surface area contributed by atoms with Crippen molar-refractivity contribution in [2.75, 3.05) is 0 Å². The molecular weight excluding hydrogens is 437 g/mol. The standard InChI is InChI=1S/C19H14ClF3N6O2/c20-14-6-16(29-17(27-14)13(8-25-29)10-1-2-10)31-18(30)24-7-12-9-28-4-3-11(19(21,22)23)5-15(28)26-12/h3-6,8-10H,1-2,7H2,(H,24,30). The van der Waals surface area contributed by atoms with Crippen LogP contribution in [-0.4, -0.2) is 30.1 Å². The van der Waals surface area contributed by atoms with E-state index in [2.05, 4.69) is 20.4 Å². The Morgan fingerprint density at radius 1 is 1.29 bits per heavy atom. The van der Waals surface area contributed by atoms with Crippen LogP contribution in [0.1, 0.15) is 35.6 Å². The van der Waals surface area contributed by atoms with Gasteiger partial charge in [0, 0.05) is 24.0 Å². The van der Waals surface area contributed by atoms with Gasteiger partial charge in [0.15, 0.2) is 5.65 Å². The number of aromatic nitrogens is 5. The van der Waals surface area contributed by atoms with Gasteiger partial charge in [0.25, 0.3) is 0 Å². The Balaban J connectivity index is 1.30. The summed E-state index contributed by atoms with van der Waals surface area (Å²) in [6.07, 6.45) is 1.32. The van der Waals surface area contributed by atoms with E-state index in [1.165, 1.54) is 27.4 Å². The van der Waals surface area contributed by atoms with Crippen molar-refractivity contribution in [3.63, 3.8) is 0 Å². The summed E-state index contributed by atoms with van der Waals surface area (Å²) in [5, 5.41) is 6.91. The maximum absolute atomic E-state index is 12.8. The number of carbonyl (C=O) groups excluding carboxylic acids is 1. The quantitative estimate of drug-likeness (QED) is 0.471. The van der Waals surface area contributed by atoms with Crippen molar-refractivity contribution in [2.24, 2.45) is 0 Å². The zero-order valence-electron chi connectivity index (χ0n) is 15.7. The number of fused-ring (bicyclic) bond motifs is 2. The minimum atomic E-state index is -4.46. The van der Waals surface area contributed by atoms with Gasteiger partial charge < -0.3 is 14.5 Å². The predicted molar refractivity (Wildman–Crippen MR) is 103 cm³/mol. The zero-order chi connectivity index (χ0) is 21.8. The molecule has 1 aliphatic rings. The van der Waals surface area contributed by atoms with E-state index in [-0.39, 0.29) is 23.2 Å². The topological polar surface area (TPSA) is 85.8 Å². The van der Waals surface area contributed by atoms with E-state index in [1.807, 2.05) is 0 Å². The lowest BCUT2D eigenvalue weighted by Gasteiger charge is -2.07. The molecule has 0 unspecified atom stereocenters. The molecule has 1 saturated carbocycles. The zero-order valence-corrected chi connectivity index (χ0v) is 16.5. The first kappa shape index (κ1) is 19.6. The molecule has 0 radical (unpaired) electrons. The number of imidazole rings is 1. The fraction of sp³-hybridized carbons (Fsp3) is 0.263. The fourth-order valence-corrected chi connectivity index (χ4v) is 3.44. The van der Waals surface area contributed by atoms with Crippen LogP contribution in [0.2, 0.25) is 5.15 Å². The van der Waals surface area contributed by atoms with E-state index in [9.17, 15) is 18.0 Å². The molecule has 0 bridgehead atoms. The van der Waals surface area contributed by atoms with E-state index in [0.717, 1.165) is 30.5 Å². The molecule has 1 N–H and O–H groups in total. The second kappa shape index (κ2) is 7.12. The molecule has 1 aliphatic carbocycles. The number of amides is 1. The minimum absolute atomic E-state index is 0.0454. The van der Waals surface area contributed by atoms with Crippen LogP contribution in [0.25, 0.3) is 11.3 Å². The smallest absolute Gasteiger partial charge is 0.391 e. The van der Waals surface area contributed by atoms with Crippen LogP contribution >= 0.6 is 11.6 Å². The van der Waals surface area contributed by atoms with Crippen LogP contribution in [0.5, 0.6) is 5.88 Å². The molecule has 8 nitrogen and oxygen atoms in total. The average Bonchev–Trinajstić information content (AvgIpc) is 3.31. The van der Waals surface area contributed by atoms with Gasteiger partial charge in [-0.1, -0.05) is 11.6 Å². The highest BCUT2D eigenvalue weighted by molar-refractivity contribution is 6.29. The maximum Gasteiger partial charge on any atom is 0.416 e. The monoisotopic (exact) mass is 450 g/mol. The number of hydrogen-bond acceptors (Lipinski definition) is 5. The lowest BCUT2D eigenvalue weighted by atomic mass is 10.2. The van der Waals surface area contributed by atoms with Crippen molar-refractivity contribution in [3.05, 3.63) is 58.8 Å². The van der Waals surface area contributed by atoms with Gasteiger partial charge >= 0.3 is 12.3 Å². The maximum atomic E-state index is 12.8. The van der Waals surface area contributed by atoms with E-state index < -0.39 is 17.8 Å². The Kier molecular flexibility index (Phi) is 4.50. The van der Waals surface area contributed by atoms with E-state index >= 15 is 0 Å². The van der Waals surface area contributed by atoms with Gasteiger partial charge in [0.1, 0.15) is 10.8 Å². The molecule has 0 spiro atoms. The third-order valence-corrected chi connectivity index (χ3v) is 5.09. The molecule has 5 rings (SSSR count). The number of hydrogen-bond donors (Lipinski definition) is 1. The Morgan fingerprint density at radius 3 is 2.84 bits per heavy atom. The van der Waals surface area contributed by atoms with Crippen molar-refractivity contribution in [1.29, 1.82) is 0 Å². The number of rotatable bonds is 4. The van der Waals surface area contributed by atoms with Crippen molar-refractivity contribution in [2.45, 2.75) is 31.5 Å². The highest BCUT2D eigenvalue weighted by Crippen LogP contribution is 2.42. The molecule has 0 aromatic carbocycles. The van der Waals surface area contributed by atoms with Gasteiger partial charge in [-0.15, -0.1) is 0 Å². The Labute approximate surface area is 177 Å². The molecule has 31 heavy (non-hydrogen) atoms. The normalized spacial score (nSPS) is 14.3. The summed E-state index contributed by atoms with van der Waals surface area (Å²) in [5.74, 6) is 0.488. The Bertz CT molecular complexity index is 1310. The van der Waals surface area contributed by atoms with Crippen LogP contribution in [-0.2, 0) is 12.7 Å². The molecule has 1 amide bonds. The molecule has 160 valence electrons. The summed E-state index contributed by atoms with van der Waals surface area (Å²) in [7, 11) is 0. The highest BCUT2D eigenvalue weighted by Gasteiger charge is 2.31. The van der Waals surface area contributed by atoms with E-state index in [0.29, 0.717) is 17.3 Å². The van der Waals surface area contributed by atoms with Gasteiger partial charge in [-0.25, -0.2) is 14.8 Å². The number of alkyl halides is 3. The van der Waals surface area contributed by atoms with Crippen molar-refractivity contribution >= 4 is 29.0 Å². The summed E-state index contributed by atoms with van der Waals surface area (Å²) in [5.41, 5.74) is 1.18. The van der Waals surface area contributed by atoms with Crippen LogP contribution in [0, 0.1) is 0 Å². The SMILES string of the molecule is O=C(NCc1cn2ccc(C(F)(F)F)cc2n1)Oc1cc(Cl)nc2c(C3CC3)cnn12. The Morgan fingerprint density at radius 2 is 2.10 bits per heavy atom. The molecule has 0 atom stereocenters. The molecule has 12 heteroatoms. The number of nitrogens with zero attached hydrogens (tertiary/aromatic N) is 5. The largest absolute Gasteiger partial charge is 0.416 e. The van der Waals surface area contributed by atoms with Gasteiger partial charge in [-0.2, -0.15) is 22.8 Å². The summed E-state index contributed by atoms with van der Waals surface area (Å²) in [6, 6.07) is 3.27. The third-order valence-electron chi connectivity index (χ3n) is 4.90. The first-order chi connectivity index (χ1) is 14.8. The fourth-order valence-electron chi connectivity index (χ4n) is 3.27. The molecule has 0 saturated heterocycles. The third kappa shape index (κ3) is 3.88. The molecular formula is C19H14ClF3N6O2. The summed E-state index contributed by atoms with van der Waals surface area (Å²) >= 11 is 6.07. The number of halogens is 4. The second-order valence-corrected chi connectivity index (χ2v) is 7.57. The van der Waals surface area contributed by atoms with E-state index in [1.54, 1.807) is 6.20 Å². The Hall–Kier alpha value is -3.34. The minimum Gasteiger partial charge on any atom is -0.391 e. The van der Waals surface area contributed by atoms with E-state index in [4.69, 9.17) is 16.3 Å². The number of pyridine rings is 1. The van der Waals surface area contributed by atoms with Crippen LogP contribution in [0.4, 0.5) is 18.0 Å². The van der Waals surface area contributed by atoms with Crippen molar-refractivity contribution < 1.29 is 22.7 Å². The second-order valence-electron chi connectivity index (χ2n) is 7.18. The van der Waals surface area contributed by atoms with Gasteiger partial charge in [-0.05, 0) is 30.9 Å². The molecule has 1 fully saturated rings. The van der Waals surface area contributed by atoms with Gasteiger partial charge in [0.05, 0.1) is 24.0 Å². The lowest BCUT2D eigenvalue weighted by Crippen LogP contribution is -2.27. The van der Waals surface area contributed by atoms with Gasteiger partial charge in [-0.3, -0.25) is 0 Å².